The highest BCUT2D eigenvalue weighted by Gasteiger charge is 2.33. The minimum Gasteiger partial charge on any atom is -0.444 e. The van der Waals surface area contributed by atoms with Gasteiger partial charge in [-0.25, -0.2) is 4.79 Å². The summed E-state index contributed by atoms with van der Waals surface area (Å²) in [5.74, 6) is 0. The Morgan fingerprint density at radius 3 is 2.58 bits per heavy atom. The van der Waals surface area contributed by atoms with Crippen molar-refractivity contribution in [1.82, 2.24) is 10.2 Å². The third-order valence-electron chi connectivity index (χ3n) is 4.61. The summed E-state index contributed by atoms with van der Waals surface area (Å²) in [4.78, 5) is 17.0. The van der Waals surface area contributed by atoms with Crippen LogP contribution < -0.4 is 10.2 Å². The van der Waals surface area contributed by atoms with E-state index in [0.717, 1.165) is 26.2 Å². The molecule has 5 heteroatoms. The Labute approximate surface area is 145 Å². The van der Waals surface area contributed by atoms with E-state index in [4.69, 9.17) is 4.74 Å². The summed E-state index contributed by atoms with van der Waals surface area (Å²) in [5.41, 5.74) is 2.01. The monoisotopic (exact) mass is 331 g/mol. The van der Waals surface area contributed by atoms with Crippen LogP contribution in [0.1, 0.15) is 45.2 Å². The number of para-hydroxylation sites is 1. The Morgan fingerprint density at radius 1 is 1.17 bits per heavy atom. The zero-order valence-electron chi connectivity index (χ0n) is 15.0. The quantitative estimate of drug-likeness (QED) is 0.904. The van der Waals surface area contributed by atoms with Crippen LogP contribution in [0.15, 0.2) is 24.3 Å². The van der Waals surface area contributed by atoms with E-state index in [-0.39, 0.29) is 12.1 Å². The third-order valence-corrected chi connectivity index (χ3v) is 4.61. The molecule has 2 aliphatic heterocycles. The SMILES string of the molecule is CC(C)(C)OC(=O)N1CCNCC1c1ccccc1N1CCCC1. The molecule has 2 saturated heterocycles. The molecule has 1 atom stereocenters. The van der Waals surface area contributed by atoms with Crippen molar-refractivity contribution in [3.8, 4) is 0 Å². The van der Waals surface area contributed by atoms with Gasteiger partial charge in [0.25, 0.3) is 0 Å². The van der Waals surface area contributed by atoms with Gasteiger partial charge in [-0.3, -0.25) is 4.90 Å². The fourth-order valence-electron chi connectivity index (χ4n) is 3.54. The maximum absolute atomic E-state index is 12.7. The van der Waals surface area contributed by atoms with Crippen LogP contribution in [0.5, 0.6) is 0 Å². The van der Waals surface area contributed by atoms with E-state index < -0.39 is 5.60 Å². The summed E-state index contributed by atoms with van der Waals surface area (Å²) in [6.45, 7) is 10.2. The standard InChI is InChI=1S/C19H29N3O2/c1-19(2,3)24-18(23)22-13-10-20-14-17(22)15-8-4-5-9-16(15)21-11-6-7-12-21/h4-5,8-9,17,20H,6-7,10-14H2,1-3H3. The first-order valence-corrected chi connectivity index (χ1v) is 9.00. The minimum absolute atomic E-state index is 0.0189. The highest BCUT2D eigenvalue weighted by molar-refractivity contribution is 5.70. The summed E-state index contributed by atoms with van der Waals surface area (Å²) in [5, 5.41) is 3.43. The number of nitrogens with one attached hydrogen (secondary N) is 1. The lowest BCUT2D eigenvalue weighted by Gasteiger charge is -2.39. The van der Waals surface area contributed by atoms with Crippen LogP contribution in [0.3, 0.4) is 0 Å². The van der Waals surface area contributed by atoms with Gasteiger partial charge in [-0.05, 0) is 45.2 Å². The predicted molar refractivity (Wildman–Crippen MR) is 96.4 cm³/mol. The van der Waals surface area contributed by atoms with Crippen molar-refractivity contribution in [2.24, 2.45) is 0 Å². The number of benzene rings is 1. The molecular formula is C19H29N3O2. The zero-order valence-corrected chi connectivity index (χ0v) is 15.0. The number of carbonyl (C=O) groups excluding carboxylic acids is 1. The molecule has 1 amide bonds. The highest BCUT2D eigenvalue weighted by Crippen LogP contribution is 2.33. The molecule has 0 spiro atoms. The molecule has 5 nitrogen and oxygen atoms in total. The molecule has 0 saturated carbocycles. The average molecular weight is 331 g/mol. The van der Waals surface area contributed by atoms with Gasteiger partial charge in [-0.15, -0.1) is 0 Å². The smallest absolute Gasteiger partial charge is 0.410 e. The zero-order chi connectivity index (χ0) is 17.2. The van der Waals surface area contributed by atoms with E-state index in [1.54, 1.807) is 0 Å². The molecule has 1 aromatic rings. The first kappa shape index (κ1) is 17.1. The molecule has 1 N–H and O–H groups in total. The van der Waals surface area contributed by atoms with Gasteiger partial charge >= 0.3 is 6.09 Å². The lowest BCUT2D eigenvalue weighted by atomic mass is 10.0. The van der Waals surface area contributed by atoms with Gasteiger partial charge in [-0.2, -0.15) is 0 Å². The van der Waals surface area contributed by atoms with E-state index in [2.05, 4.69) is 34.5 Å². The third kappa shape index (κ3) is 3.83. The van der Waals surface area contributed by atoms with E-state index in [9.17, 15) is 4.79 Å². The molecule has 1 aromatic carbocycles. The van der Waals surface area contributed by atoms with E-state index >= 15 is 0 Å². The Kier molecular flexibility index (Phi) is 4.99. The van der Waals surface area contributed by atoms with Gasteiger partial charge in [0.05, 0.1) is 6.04 Å². The molecule has 3 rings (SSSR count). The molecule has 0 bridgehead atoms. The van der Waals surface area contributed by atoms with Gasteiger partial charge in [0, 0.05) is 38.4 Å². The fraction of sp³-hybridized carbons (Fsp3) is 0.632. The van der Waals surface area contributed by atoms with Crippen LogP contribution in [-0.2, 0) is 4.74 Å². The van der Waals surface area contributed by atoms with E-state index in [0.29, 0.717) is 6.54 Å². The van der Waals surface area contributed by atoms with Crippen molar-refractivity contribution in [1.29, 1.82) is 0 Å². The number of rotatable bonds is 2. The Hall–Kier alpha value is -1.75. The molecule has 2 heterocycles. The number of amides is 1. The lowest BCUT2D eigenvalue weighted by Crippen LogP contribution is -2.50. The van der Waals surface area contributed by atoms with Crippen LogP contribution in [-0.4, -0.2) is 49.3 Å². The summed E-state index contributed by atoms with van der Waals surface area (Å²) in [6.07, 6.45) is 2.27. The van der Waals surface area contributed by atoms with E-state index in [1.165, 1.54) is 24.1 Å². The van der Waals surface area contributed by atoms with Gasteiger partial charge in [0.1, 0.15) is 5.60 Å². The maximum atomic E-state index is 12.7. The van der Waals surface area contributed by atoms with Gasteiger partial charge in [0.2, 0.25) is 0 Å². The second-order valence-electron chi connectivity index (χ2n) is 7.65. The van der Waals surface area contributed by atoms with Crippen LogP contribution in [0, 0.1) is 0 Å². The first-order valence-electron chi connectivity index (χ1n) is 9.00. The molecule has 0 aliphatic carbocycles. The molecule has 2 aliphatic rings. The molecule has 24 heavy (non-hydrogen) atoms. The Bertz CT molecular complexity index is 576. The summed E-state index contributed by atoms with van der Waals surface area (Å²) >= 11 is 0. The molecule has 0 radical (unpaired) electrons. The van der Waals surface area contributed by atoms with Crippen LogP contribution in [0.4, 0.5) is 10.5 Å². The summed E-state index contributed by atoms with van der Waals surface area (Å²) in [7, 11) is 0. The number of nitrogens with zero attached hydrogens (tertiary/aromatic N) is 2. The van der Waals surface area contributed by atoms with Crippen molar-refractivity contribution in [3.63, 3.8) is 0 Å². The van der Waals surface area contributed by atoms with Crippen molar-refractivity contribution in [2.45, 2.75) is 45.3 Å². The number of carbonyl (C=O) groups is 1. The number of hydrogen-bond donors (Lipinski definition) is 1. The largest absolute Gasteiger partial charge is 0.444 e. The van der Waals surface area contributed by atoms with Crippen molar-refractivity contribution in [3.05, 3.63) is 29.8 Å². The van der Waals surface area contributed by atoms with Crippen molar-refractivity contribution < 1.29 is 9.53 Å². The molecule has 132 valence electrons. The van der Waals surface area contributed by atoms with Gasteiger partial charge < -0.3 is 15.0 Å². The van der Waals surface area contributed by atoms with Gasteiger partial charge in [-0.1, -0.05) is 18.2 Å². The molecular weight excluding hydrogens is 302 g/mol. The van der Waals surface area contributed by atoms with Crippen LogP contribution in [0.2, 0.25) is 0 Å². The maximum Gasteiger partial charge on any atom is 0.410 e. The normalized spacial score (nSPS) is 21.9. The Balaban J connectivity index is 1.87. The second-order valence-corrected chi connectivity index (χ2v) is 7.65. The van der Waals surface area contributed by atoms with Crippen LogP contribution >= 0.6 is 0 Å². The molecule has 1 unspecified atom stereocenters. The molecule has 2 fully saturated rings. The second kappa shape index (κ2) is 7.01. The first-order chi connectivity index (χ1) is 11.5. The highest BCUT2D eigenvalue weighted by atomic mass is 16.6. The fourth-order valence-corrected chi connectivity index (χ4v) is 3.54. The van der Waals surface area contributed by atoms with Gasteiger partial charge in [0.15, 0.2) is 0 Å². The number of ether oxygens (including phenoxy) is 1. The summed E-state index contributed by atoms with van der Waals surface area (Å²) < 4.78 is 5.64. The molecule has 0 aromatic heterocycles. The summed E-state index contributed by atoms with van der Waals surface area (Å²) in [6, 6.07) is 8.51. The average Bonchev–Trinajstić information content (AvgIpc) is 3.07. The Morgan fingerprint density at radius 2 is 1.88 bits per heavy atom. The van der Waals surface area contributed by atoms with Crippen LogP contribution in [0.25, 0.3) is 0 Å². The van der Waals surface area contributed by atoms with Crippen molar-refractivity contribution in [2.75, 3.05) is 37.6 Å². The topological polar surface area (TPSA) is 44.8 Å². The number of hydrogen-bond acceptors (Lipinski definition) is 4. The van der Waals surface area contributed by atoms with Crippen molar-refractivity contribution >= 4 is 11.8 Å². The van der Waals surface area contributed by atoms with E-state index in [1.807, 2.05) is 25.7 Å². The number of anilines is 1. The predicted octanol–water partition coefficient (Wildman–Crippen LogP) is 3.17. The minimum atomic E-state index is -0.471. The number of piperazine rings is 1. The lowest BCUT2D eigenvalue weighted by molar-refractivity contribution is 0.0118.